The molecular weight excluding hydrogens is 434 g/mol. The van der Waals surface area contributed by atoms with Gasteiger partial charge in [-0.15, -0.1) is 0 Å². The van der Waals surface area contributed by atoms with Gasteiger partial charge in [-0.25, -0.2) is 9.78 Å². The van der Waals surface area contributed by atoms with Gasteiger partial charge in [0.25, 0.3) is 0 Å². The number of hydrogen-bond acceptors (Lipinski definition) is 6. The molecule has 1 aromatic heterocycles. The Morgan fingerprint density at radius 1 is 1.18 bits per heavy atom. The third kappa shape index (κ3) is 6.39. The van der Waals surface area contributed by atoms with Crippen LogP contribution in [-0.2, 0) is 17.8 Å². The summed E-state index contributed by atoms with van der Waals surface area (Å²) >= 11 is 0. The fourth-order valence-corrected chi connectivity index (χ4v) is 3.75. The number of pyridine rings is 1. The van der Waals surface area contributed by atoms with Crippen LogP contribution in [0.3, 0.4) is 0 Å². The number of carbonyl (C=O) groups excluding carboxylic acids is 1. The number of nitrogens with zero attached hydrogens (tertiary/aromatic N) is 2. The molecule has 3 aromatic rings. The third-order valence-corrected chi connectivity index (χ3v) is 5.59. The van der Waals surface area contributed by atoms with Gasteiger partial charge in [0, 0.05) is 43.6 Å². The molecule has 0 unspecified atom stereocenters. The summed E-state index contributed by atoms with van der Waals surface area (Å²) in [6, 6.07) is 17.7. The van der Waals surface area contributed by atoms with Gasteiger partial charge >= 0.3 is 6.03 Å². The van der Waals surface area contributed by atoms with Crippen LogP contribution >= 0.6 is 0 Å². The number of para-hydroxylation sites is 1. The average molecular weight is 464 g/mol. The van der Waals surface area contributed by atoms with Gasteiger partial charge in [0.2, 0.25) is 5.88 Å². The minimum absolute atomic E-state index is 0.00585. The van der Waals surface area contributed by atoms with Gasteiger partial charge in [-0.1, -0.05) is 30.3 Å². The molecular formula is C26H29N3O5. The minimum atomic E-state index is -0.226. The SMILES string of the molecule is COc1cccc(Oc2ccc(CNC(=O)N(Cc3ccccc3O)C[C@@H]3CCCO3)cn2)c1. The van der Waals surface area contributed by atoms with Gasteiger partial charge in [-0.05, 0) is 36.6 Å². The molecule has 2 amide bonds. The fraction of sp³-hybridized carbons (Fsp3) is 0.308. The number of rotatable bonds is 9. The molecule has 2 aromatic carbocycles. The van der Waals surface area contributed by atoms with Crippen LogP contribution in [0.4, 0.5) is 4.79 Å². The number of nitrogens with one attached hydrogen (secondary N) is 1. The Bertz CT molecular complexity index is 1080. The maximum atomic E-state index is 13.0. The number of amides is 2. The number of carbonyl (C=O) groups is 1. The second-order valence-corrected chi connectivity index (χ2v) is 8.09. The molecule has 8 nitrogen and oxygen atoms in total. The topological polar surface area (TPSA) is 93.2 Å². The number of aromatic nitrogens is 1. The Balaban J connectivity index is 1.35. The normalized spacial score (nSPS) is 15.0. The zero-order valence-corrected chi connectivity index (χ0v) is 19.1. The Morgan fingerprint density at radius 3 is 2.76 bits per heavy atom. The molecule has 8 heteroatoms. The predicted molar refractivity (Wildman–Crippen MR) is 127 cm³/mol. The van der Waals surface area contributed by atoms with E-state index < -0.39 is 0 Å². The van der Waals surface area contributed by atoms with Crippen LogP contribution in [0.25, 0.3) is 0 Å². The molecule has 1 fully saturated rings. The van der Waals surface area contributed by atoms with Gasteiger partial charge in [0.05, 0.1) is 19.8 Å². The lowest BCUT2D eigenvalue weighted by atomic mass is 10.1. The Kier molecular flexibility index (Phi) is 7.83. The highest BCUT2D eigenvalue weighted by atomic mass is 16.5. The third-order valence-electron chi connectivity index (χ3n) is 5.59. The van der Waals surface area contributed by atoms with E-state index in [0.29, 0.717) is 49.2 Å². The maximum Gasteiger partial charge on any atom is 0.318 e. The molecule has 1 aliphatic heterocycles. The van der Waals surface area contributed by atoms with Crippen molar-refractivity contribution in [2.45, 2.75) is 32.0 Å². The highest BCUT2D eigenvalue weighted by Gasteiger charge is 2.23. The van der Waals surface area contributed by atoms with Crippen molar-refractivity contribution in [1.82, 2.24) is 15.2 Å². The zero-order valence-electron chi connectivity index (χ0n) is 19.1. The largest absolute Gasteiger partial charge is 0.508 e. The van der Waals surface area contributed by atoms with Crippen LogP contribution in [-0.4, -0.2) is 47.4 Å². The zero-order chi connectivity index (χ0) is 23.8. The number of phenols is 1. The van der Waals surface area contributed by atoms with E-state index in [1.165, 1.54) is 0 Å². The van der Waals surface area contributed by atoms with Gasteiger partial charge in [-0.3, -0.25) is 0 Å². The Morgan fingerprint density at radius 2 is 2.03 bits per heavy atom. The molecule has 178 valence electrons. The number of hydrogen-bond donors (Lipinski definition) is 2. The van der Waals surface area contributed by atoms with Crippen LogP contribution in [0.5, 0.6) is 23.1 Å². The number of urea groups is 1. The van der Waals surface area contributed by atoms with Crippen molar-refractivity contribution in [3.63, 3.8) is 0 Å². The summed E-state index contributed by atoms with van der Waals surface area (Å²) in [7, 11) is 1.60. The summed E-state index contributed by atoms with van der Waals surface area (Å²) in [5.74, 6) is 1.95. The molecule has 0 aliphatic carbocycles. The van der Waals surface area contributed by atoms with Crippen molar-refractivity contribution >= 4 is 6.03 Å². The summed E-state index contributed by atoms with van der Waals surface area (Å²) < 4.78 is 16.7. The van der Waals surface area contributed by atoms with Gasteiger partial charge in [-0.2, -0.15) is 0 Å². The molecule has 2 N–H and O–H groups in total. The standard InChI is InChI=1S/C26H29N3O5/c1-32-21-7-4-8-22(14-21)34-25-12-11-19(15-27-25)16-28-26(31)29(18-23-9-5-13-33-23)17-20-6-2-3-10-24(20)30/h2-4,6-8,10-12,14-15,23,30H,5,9,13,16-18H2,1H3,(H,28,31)/t23-/m0/s1. The van der Waals surface area contributed by atoms with Crippen molar-refractivity contribution < 1.29 is 24.1 Å². The molecule has 0 saturated carbocycles. The first kappa shape index (κ1) is 23.4. The molecule has 0 bridgehead atoms. The van der Waals surface area contributed by atoms with E-state index in [4.69, 9.17) is 14.2 Å². The number of aromatic hydroxyl groups is 1. The predicted octanol–water partition coefficient (Wildman–Crippen LogP) is 4.48. The molecule has 1 atom stereocenters. The Labute approximate surface area is 199 Å². The smallest absolute Gasteiger partial charge is 0.318 e. The van der Waals surface area contributed by atoms with Crippen molar-refractivity contribution in [3.05, 3.63) is 78.0 Å². The van der Waals surface area contributed by atoms with Crippen molar-refractivity contribution in [3.8, 4) is 23.1 Å². The van der Waals surface area contributed by atoms with Crippen molar-refractivity contribution in [1.29, 1.82) is 0 Å². The van der Waals surface area contributed by atoms with Crippen LogP contribution in [0.1, 0.15) is 24.0 Å². The van der Waals surface area contributed by atoms with E-state index >= 15 is 0 Å². The fourth-order valence-electron chi connectivity index (χ4n) is 3.75. The number of methoxy groups -OCH3 is 1. The van der Waals surface area contributed by atoms with Crippen molar-refractivity contribution in [2.75, 3.05) is 20.3 Å². The Hall–Kier alpha value is -3.78. The molecule has 0 spiro atoms. The first-order chi connectivity index (χ1) is 16.6. The number of ether oxygens (including phenoxy) is 3. The van der Waals surface area contributed by atoms with Crippen LogP contribution in [0.15, 0.2) is 66.9 Å². The summed E-state index contributed by atoms with van der Waals surface area (Å²) in [5, 5.41) is 13.1. The monoisotopic (exact) mass is 463 g/mol. The second-order valence-electron chi connectivity index (χ2n) is 8.09. The molecule has 1 saturated heterocycles. The van der Waals surface area contributed by atoms with E-state index in [9.17, 15) is 9.90 Å². The molecule has 1 aliphatic rings. The van der Waals surface area contributed by atoms with E-state index in [1.807, 2.05) is 36.4 Å². The number of benzene rings is 2. The maximum absolute atomic E-state index is 13.0. The summed E-state index contributed by atoms with van der Waals surface area (Å²) in [6.07, 6.45) is 3.59. The van der Waals surface area contributed by atoms with E-state index in [1.54, 1.807) is 42.5 Å². The lowest BCUT2D eigenvalue weighted by Crippen LogP contribution is -2.43. The molecule has 0 radical (unpaired) electrons. The van der Waals surface area contributed by atoms with Crippen LogP contribution < -0.4 is 14.8 Å². The van der Waals surface area contributed by atoms with Crippen LogP contribution in [0, 0.1) is 0 Å². The van der Waals surface area contributed by atoms with E-state index in [-0.39, 0.29) is 17.9 Å². The van der Waals surface area contributed by atoms with E-state index in [2.05, 4.69) is 10.3 Å². The summed E-state index contributed by atoms with van der Waals surface area (Å²) in [5.41, 5.74) is 1.53. The summed E-state index contributed by atoms with van der Waals surface area (Å²) in [4.78, 5) is 19.0. The lowest BCUT2D eigenvalue weighted by molar-refractivity contribution is 0.0792. The summed E-state index contributed by atoms with van der Waals surface area (Å²) in [6.45, 7) is 1.79. The first-order valence-corrected chi connectivity index (χ1v) is 11.3. The number of phenolic OH excluding ortho intramolecular Hbond substituents is 1. The van der Waals surface area contributed by atoms with Gasteiger partial charge in [0.15, 0.2) is 0 Å². The second kappa shape index (κ2) is 11.4. The van der Waals surface area contributed by atoms with Crippen LogP contribution in [0.2, 0.25) is 0 Å². The quantitative estimate of drug-likeness (QED) is 0.486. The lowest BCUT2D eigenvalue weighted by Gasteiger charge is -2.26. The minimum Gasteiger partial charge on any atom is -0.508 e. The van der Waals surface area contributed by atoms with E-state index in [0.717, 1.165) is 18.4 Å². The van der Waals surface area contributed by atoms with Gasteiger partial charge < -0.3 is 29.5 Å². The van der Waals surface area contributed by atoms with Gasteiger partial charge in [0.1, 0.15) is 17.2 Å². The molecule has 2 heterocycles. The molecule has 4 rings (SSSR count). The molecule has 34 heavy (non-hydrogen) atoms. The first-order valence-electron chi connectivity index (χ1n) is 11.3. The average Bonchev–Trinajstić information content (AvgIpc) is 3.38. The highest BCUT2D eigenvalue weighted by Crippen LogP contribution is 2.24. The highest BCUT2D eigenvalue weighted by molar-refractivity contribution is 5.74. The van der Waals surface area contributed by atoms with Crippen molar-refractivity contribution in [2.24, 2.45) is 0 Å².